The molecule has 7 heteroatoms. The maximum atomic E-state index is 12.0. The number of carbonyl (C=O) groups is 2. The number of fused-ring (bicyclic) bond motifs is 1. The van der Waals surface area contributed by atoms with Crippen LogP contribution >= 0.6 is 0 Å². The molecule has 0 spiro atoms. The van der Waals surface area contributed by atoms with Crippen molar-refractivity contribution in [2.75, 3.05) is 11.9 Å². The molecule has 0 aliphatic heterocycles. The molecule has 0 unspecified atom stereocenters. The number of amides is 2. The number of para-hydroxylation sites is 2. The minimum absolute atomic E-state index is 0.136. The van der Waals surface area contributed by atoms with Crippen LogP contribution in [0.1, 0.15) is 12.5 Å². The standard InChI is InChI=1S/C20H17N3O4/c1-14(24)22-16-10-8-15(9-11-16)5-4-12-21-19(25)13-23-17-6-2-3-7-18(17)27-20(23)26/h2-3,6-11H,12-13H2,1H3,(H,21,25)(H,22,24). The highest BCUT2D eigenvalue weighted by molar-refractivity contribution is 5.88. The van der Waals surface area contributed by atoms with Crippen molar-refractivity contribution in [1.82, 2.24) is 9.88 Å². The largest absolute Gasteiger partial charge is 0.420 e. The molecule has 0 bridgehead atoms. The van der Waals surface area contributed by atoms with Crippen LogP contribution in [-0.4, -0.2) is 22.9 Å². The van der Waals surface area contributed by atoms with Crippen molar-refractivity contribution in [3.05, 3.63) is 64.6 Å². The van der Waals surface area contributed by atoms with Gasteiger partial charge in [0.2, 0.25) is 11.8 Å². The van der Waals surface area contributed by atoms with Gasteiger partial charge in [-0.1, -0.05) is 24.0 Å². The van der Waals surface area contributed by atoms with Gasteiger partial charge in [-0.2, -0.15) is 0 Å². The summed E-state index contributed by atoms with van der Waals surface area (Å²) in [5, 5.41) is 5.32. The number of hydrogen-bond donors (Lipinski definition) is 2. The fraction of sp³-hybridized carbons (Fsp3) is 0.150. The summed E-state index contributed by atoms with van der Waals surface area (Å²) in [5.74, 6) is 4.72. The van der Waals surface area contributed by atoms with E-state index < -0.39 is 5.76 Å². The van der Waals surface area contributed by atoms with Crippen LogP contribution < -0.4 is 16.4 Å². The Labute approximate surface area is 155 Å². The van der Waals surface area contributed by atoms with E-state index in [0.717, 1.165) is 5.56 Å². The van der Waals surface area contributed by atoms with Gasteiger partial charge >= 0.3 is 5.76 Å². The first-order valence-electron chi connectivity index (χ1n) is 8.24. The average molecular weight is 363 g/mol. The third-order valence-corrected chi connectivity index (χ3v) is 3.69. The second kappa shape index (κ2) is 8.06. The lowest BCUT2D eigenvalue weighted by Gasteiger charge is -2.02. The van der Waals surface area contributed by atoms with E-state index in [9.17, 15) is 14.4 Å². The lowest BCUT2D eigenvalue weighted by molar-refractivity contribution is -0.121. The Bertz CT molecular complexity index is 1100. The molecule has 0 saturated carbocycles. The summed E-state index contributed by atoms with van der Waals surface area (Å²) in [6, 6.07) is 14.0. The number of rotatable bonds is 4. The Morgan fingerprint density at radius 2 is 1.85 bits per heavy atom. The highest BCUT2D eigenvalue weighted by Gasteiger charge is 2.11. The van der Waals surface area contributed by atoms with Crippen LogP contribution in [0, 0.1) is 11.8 Å². The van der Waals surface area contributed by atoms with Crippen LogP contribution in [0.2, 0.25) is 0 Å². The Morgan fingerprint density at radius 1 is 1.11 bits per heavy atom. The molecule has 1 aromatic heterocycles. The van der Waals surface area contributed by atoms with Crippen molar-refractivity contribution in [3.8, 4) is 11.8 Å². The molecule has 7 nitrogen and oxygen atoms in total. The lowest BCUT2D eigenvalue weighted by Crippen LogP contribution is -2.30. The predicted octanol–water partition coefficient (Wildman–Crippen LogP) is 1.72. The minimum Gasteiger partial charge on any atom is -0.408 e. The zero-order valence-electron chi connectivity index (χ0n) is 14.6. The summed E-state index contributed by atoms with van der Waals surface area (Å²) in [6.45, 7) is 1.45. The van der Waals surface area contributed by atoms with Crippen LogP contribution in [-0.2, 0) is 16.1 Å². The third kappa shape index (κ3) is 4.64. The molecule has 3 aromatic rings. The minimum atomic E-state index is -0.573. The fourth-order valence-electron chi connectivity index (χ4n) is 2.49. The zero-order chi connectivity index (χ0) is 19.2. The maximum Gasteiger partial charge on any atom is 0.420 e. The molecule has 1 heterocycles. The van der Waals surface area contributed by atoms with Crippen LogP contribution in [0.3, 0.4) is 0 Å². The number of hydrogen-bond acceptors (Lipinski definition) is 4. The van der Waals surface area contributed by atoms with E-state index in [4.69, 9.17) is 4.42 Å². The van der Waals surface area contributed by atoms with Crippen LogP contribution in [0.25, 0.3) is 11.1 Å². The Kier molecular flexibility index (Phi) is 5.38. The fourth-order valence-corrected chi connectivity index (χ4v) is 2.49. The number of oxazole rings is 1. The summed E-state index contributed by atoms with van der Waals surface area (Å²) in [5.41, 5.74) is 2.47. The number of carbonyl (C=O) groups excluding carboxylic acids is 2. The van der Waals surface area contributed by atoms with E-state index in [2.05, 4.69) is 22.5 Å². The quantitative estimate of drug-likeness (QED) is 0.690. The van der Waals surface area contributed by atoms with Crippen molar-refractivity contribution in [1.29, 1.82) is 0 Å². The summed E-state index contributed by atoms with van der Waals surface area (Å²) >= 11 is 0. The van der Waals surface area contributed by atoms with E-state index in [1.807, 2.05) is 0 Å². The Hall–Kier alpha value is -3.79. The second-order valence-electron chi connectivity index (χ2n) is 5.76. The van der Waals surface area contributed by atoms with Crippen molar-refractivity contribution in [2.45, 2.75) is 13.5 Å². The smallest absolute Gasteiger partial charge is 0.408 e. The van der Waals surface area contributed by atoms with E-state index in [1.54, 1.807) is 48.5 Å². The number of nitrogens with one attached hydrogen (secondary N) is 2. The van der Waals surface area contributed by atoms with Gasteiger partial charge in [-0.15, -0.1) is 0 Å². The SMILES string of the molecule is CC(=O)Nc1ccc(C#CCNC(=O)Cn2c(=O)oc3ccccc32)cc1. The van der Waals surface area contributed by atoms with Crippen molar-refractivity contribution in [2.24, 2.45) is 0 Å². The average Bonchev–Trinajstić information content (AvgIpc) is 2.95. The molecule has 2 amide bonds. The number of anilines is 1. The lowest BCUT2D eigenvalue weighted by atomic mass is 10.2. The molecule has 0 aliphatic carbocycles. The van der Waals surface area contributed by atoms with Gasteiger partial charge in [0, 0.05) is 18.2 Å². The number of nitrogens with zero attached hydrogens (tertiary/aromatic N) is 1. The van der Waals surface area contributed by atoms with Gasteiger partial charge in [-0.3, -0.25) is 14.2 Å². The first-order valence-corrected chi connectivity index (χ1v) is 8.24. The molecule has 0 radical (unpaired) electrons. The topological polar surface area (TPSA) is 93.3 Å². The molecular weight excluding hydrogens is 346 g/mol. The van der Waals surface area contributed by atoms with Crippen molar-refractivity contribution in [3.63, 3.8) is 0 Å². The van der Waals surface area contributed by atoms with E-state index in [0.29, 0.717) is 16.8 Å². The van der Waals surface area contributed by atoms with Crippen molar-refractivity contribution < 1.29 is 14.0 Å². The highest BCUT2D eigenvalue weighted by atomic mass is 16.4. The molecule has 0 fully saturated rings. The zero-order valence-corrected chi connectivity index (χ0v) is 14.6. The molecule has 2 aromatic carbocycles. The Balaban J connectivity index is 1.56. The molecule has 2 N–H and O–H groups in total. The number of aromatic nitrogens is 1. The molecule has 0 aliphatic rings. The molecule has 136 valence electrons. The van der Waals surface area contributed by atoms with Gasteiger partial charge in [-0.05, 0) is 36.4 Å². The maximum absolute atomic E-state index is 12.0. The highest BCUT2D eigenvalue weighted by Crippen LogP contribution is 2.11. The summed E-state index contributed by atoms with van der Waals surface area (Å²) in [7, 11) is 0. The predicted molar refractivity (Wildman–Crippen MR) is 101 cm³/mol. The van der Waals surface area contributed by atoms with E-state index in [1.165, 1.54) is 11.5 Å². The van der Waals surface area contributed by atoms with Gasteiger partial charge in [0.1, 0.15) is 6.54 Å². The first-order chi connectivity index (χ1) is 13.0. The normalized spacial score (nSPS) is 10.1. The monoisotopic (exact) mass is 363 g/mol. The molecule has 27 heavy (non-hydrogen) atoms. The van der Waals surface area contributed by atoms with Gasteiger partial charge in [0.05, 0.1) is 12.1 Å². The van der Waals surface area contributed by atoms with Crippen LogP contribution in [0.4, 0.5) is 5.69 Å². The molecule has 0 saturated heterocycles. The summed E-state index contributed by atoms with van der Waals surface area (Å²) in [4.78, 5) is 34.9. The van der Waals surface area contributed by atoms with Gasteiger partial charge in [0.15, 0.2) is 5.58 Å². The van der Waals surface area contributed by atoms with Gasteiger partial charge in [-0.25, -0.2) is 4.79 Å². The van der Waals surface area contributed by atoms with Gasteiger partial charge < -0.3 is 15.1 Å². The third-order valence-electron chi connectivity index (χ3n) is 3.69. The van der Waals surface area contributed by atoms with E-state index in [-0.39, 0.29) is 24.9 Å². The summed E-state index contributed by atoms with van der Waals surface area (Å²) < 4.78 is 6.37. The Morgan fingerprint density at radius 3 is 2.59 bits per heavy atom. The molecule has 0 atom stereocenters. The molecule has 3 rings (SSSR count). The second-order valence-corrected chi connectivity index (χ2v) is 5.76. The van der Waals surface area contributed by atoms with Crippen LogP contribution in [0.5, 0.6) is 0 Å². The molecular formula is C20H17N3O4. The van der Waals surface area contributed by atoms with E-state index >= 15 is 0 Å². The summed E-state index contributed by atoms with van der Waals surface area (Å²) in [6.07, 6.45) is 0. The number of benzene rings is 2. The van der Waals surface area contributed by atoms with Gasteiger partial charge in [0.25, 0.3) is 0 Å². The van der Waals surface area contributed by atoms with Crippen molar-refractivity contribution >= 4 is 28.6 Å². The van der Waals surface area contributed by atoms with Crippen LogP contribution in [0.15, 0.2) is 57.7 Å². The first kappa shape index (κ1) is 18.0.